The van der Waals surface area contributed by atoms with Crippen LogP contribution < -0.4 is 15.8 Å². The van der Waals surface area contributed by atoms with Gasteiger partial charge in [0.2, 0.25) is 0 Å². The summed E-state index contributed by atoms with van der Waals surface area (Å²) < 4.78 is 5.93. The third-order valence-corrected chi connectivity index (χ3v) is 3.70. The van der Waals surface area contributed by atoms with E-state index < -0.39 is 0 Å². The summed E-state index contributed by atoms with van der Waals surface area (Å²) in [4.78, 5) is 9.00. The van der Waals surface area contributed by atoms with Crippen molar-refractivity contribution < 1.29 is 4.74 Å². The van der Waals surface area contributed by atoms with Crippen molar-refractivity contribution >= 4 is 17.4 Å². The largest absolute Gasteiger partial charge is 0.488 e. The van der Waals surface area contributed by atoms with Crippen LogP contribution in [-0.2, 0) is 6.42 Å². The Kier molecular flexibility index (Phi) is 3.69. The van der Waals surface area contributed by atoms with E-state index in [0.29, 0.717) is 17.4 Å². The smallest absolute Gasteiger partial charge is 0.165 e. The summed E-state index contributed by atoms with van der Waals surface area (Å²) in [6.07, 6.45) is 0.759. The molecule has 1 aliphatic heterocycles. The van der Waals surface area contributed by atoms with Crippen molar-refractivity contribution in [1.29, 1.82) is 0 Å². The molecule has 110 valence electrons. The highest BCUT2D eigenvalue weighted by molar-refractivity contribution is 6.31. The first kappa shape index (κ1) is 14.1. The Morgan fingerprint density at radius 2 is 2.19 bits per heavy atom. The van der Waals surface area contributed by atoms with Gasteiger partial charge in [-0.25, -0.2) is 9.97 Å². The van der Waals surface area contributed by atoms with Crippen molar-refractivity contribution in [2.45, 2.75) is 19.4 Å². The molecule has 3 N–H and O–H groups in total. The van der Waals surface area contributed by atoms with Crippen molar-refractivity contribution in [2.24, 2.45) is 5.73 Å². The second kappa shape index (κ2) is 5.50. The number of nitrogens with zero attached hydrogens (tertiary/aromatic N) is 2. The lowest BCUT2D eigenvalue weighted by molar-refractivity contribution is 0.242. The van der Waals surface area contributed by atoms with E-state index in [9.17, 15) is 0 Å². The number of halogens is 1. The summed E-state index contributed by atoms with van der Waals surface area (Å²) in [5, 5.41) is 3.69. The van der Waals surface area contributed by atoms with Gasteiger partial charge in [-0.15, -0.1) is 0 Å². The second-order valence-electron chi connectivity index (χ2n) is 5.09. The molecule has 1 aromatic carbocycles. The van der Waals surface area contributed by atoms with E-state index >= 15 is 0 Å². The summed E-state index contributed by atoms with van der Waals surface area (Å²) in [6, 6.07) is 5.65. The van der Waals surface area contributed by atoms with Gasteiger partial charge in [-0.3, -0.25) is 0 Å². The number of nitrogens with two attached hydrogens (primary N) is 1. The molecule has 0 saturated heterocycles. The normalized spacial score (nSPS) is 16.5. The monoisotopic (exact) mass is 304 g/mol. The van der Waals surface area contributed by atoms with Crippen LogP contribution in [0.4, 0.5) is 5.82 Å². The number of ether oxygens (including phenoxy) is 1. The number of rotatable bonds is 3. The zero-order valence-electron chi connectivity index (χ0n) is 12.0. The van der Waals surface area contributed by atoms with Gasteiger partial charge < -0.3 is 15.8 Å². The molecule has 2 aromatic rings. The van der Waals surface area contributed by atoms with Gasteiger partial charge in [-0.05, 0) is 19.1 Å². The molecule has 21 heavy (non-hydrogen) atoms. The summed E-state index contributed by atoms with van der Waals surface area (Å²) in [7, 11) is 1.83. The molecule has 0 bridgehead atoms. The van der Waals surface area contributed by atoms with Gasteiger partial charge in [-0.2, -0.15) is 0 Å². The molecule has 2 heterocycles. The molecule has 5 nitrogen and oxygen atoms in total. The van der Waals surface area contributed by atoms with Crippen LogP contribution in [0.2, 0.25) is 5.02 Å². The number of hydrogen-bond acceptors (Lipinski definition) is 5. The fourth-order valence-corrected chi connectivity index (χ4v) is 2.75. The van der Waals surface area contributed by atoms with Gasteiger partial charge in [0.25, 0.3) is 0 Å². The van der Waals surface area contributed by atoms with Crippen LogP contribution in [0.25, 0.3) is 11.4 Å². The third kappa shape index (κ3) is 2.66. The Morgan fingerprint density at radius 3 is 2.90 bits per heavy atom. The average molecular weight is 305 g/mol. The Balaban J connectivity index is 2.14. The van der Waals surface area contributed by atoms with Crippen LogP contribution >= 0.6 is 11.6 Å². The minimum absolute atomic E-state index is 0.00852. The molecule has 0 aliphatic carbocycles. The van der Waals surface area contributed by atoms with Crippen LogP contribution in [0.1, 0.15) is 11.3 Å². The molecule has 1 aromatic heterocycles. The Morgan fingerprint density at radius 1 is 1.38 bits per heavy atom. The van der Waals surface area contributed by atoms with E-state index in [0.717, 1.165) is 34.8 Å². The lowest BCUT2D eigenvalue weighted by atomic mass is 10.1. The molecule has 0 saturated carbocycles. The average Bonchev–Trinajstić information content (AvgIpc) is 2.88. The highest BCUT2D eigenvalue weighted by atomic mass is 35.5. The number of nitrogens with one attached hydrogen (secondary N) is 1. The number of hydrogen-bond donors (Lipinski definition) is 2. The van der Waals surface area contributed by atoms with Crippen LogP contribution in [0.15, 0.2) is 18.2 Å². The molecule has 1 atom stereocenters. The van der Waals surface area contributed by atoms with E-state index in [1.54, 1.807) is 0 Å². The summed E-state index contributed by atoms with van der Waals surface area (Å²) >= 11 is 6.22. The number of aromatic nitrogens is 2. The van der Waals surface area contributed by atoms with Gasteiger partial charge in [-0.1, -0.05) is 11.6 Å². The van der Waals surface area contributed by atoms with Crippen molar-refractivity contribution in [3.63, 3.8) is 0 Å². The van der Waals surface area contributed by atoms with Crippen LogP contribution in [-0.4, -0.2) is 29.7 Å². The highest BCUT2D eigenvalue weighted by Gasteiger charge is 2.26. The van der Waals surface area contributed by atoms with Crippen molar-refractivity contribution in [3.05, 3.63) is 34.5 Å². The quantitative estimate of drug-likeness (QED) is 0.911. The Bertz CT molecular complexity index is 690. The van der Waals surface area contributed by atoms with E-state index in [2.05, 4.69) is 15.3 Å². The van der Waals surface area contributed by atoms with Crippen molar-refractivity contribution in [2.75, 3.05) is 18.9 Å². The van der Waals surface area contributed by atoms with Crippen LogP contribution in [0, 0.1) is 6.92 Å². The molecule has 0 radical (unpaired) electrons. The molecule has 1 unspecified atom stereocenters. The fraction of sp³-hybridized carbons (Fsp3) is 0.333. The van der Waals surface area contributed by atoms with Gasteiger partial charge in [0.15, 0.2) is 5.82 Å². The lowest BCUT2D eigenvalue weighted by Gasteiger charge is -2.11. The van der Waals surface area contributed by atoms with Crippen LogP contribution in [0.5, 0.6) is 5.75 Å². The minimum Gasteiger partial charge on any atom is -0.488 e. The van der Waals surface area contributed by atoms with Gasteiger partial charge >= 0.3 is 0 Å². The topological polar surface area (TPSA) is 73.1 Å². The minimum atomic E-state index is -0.00852. The van der Waals surface area contributed by atoms with Gasteiger partial charge in [0, 0.05) is 42.4 Å². The number of fused-ring (bicyclic) bond motifs is 1. The SMILES string of the molecule is CNc1cc(C)nc(-c2cc(Cl)cc3c2OC(CN)C3)n1. The van der Waals surface area contributed by atoms with E-state index in [-0.39, 0.29) is 6.10 Å². The third-order valence-electron chi connectivity index (χ3n) is 3.48. The molecule has 0 fully saturated rings. The summed E-state index contributed by atoms with van der Waals surface area (Å²) in [6.45, 7) is 2.41. The summed E-state index contributed by atoms with van der Waals surface area (Å²) in [5.41, 5.74) is 8.46. The molecule has 3 rings (SSSR count). The van der Waals surface area contributed by atoms with Crippen molar-refractivity contribution in [1.82, 2.24) is 9.97 Å². The lowest BCUT2D eigenvalue weighted by Crippen LogP contribution is -2.24. The number of aryl methyl sites for hydroxylation is 1. The van der Waals surface area contributed by atoms with Crippen LogP contribution in [0.3, 0.4) is 0 Å². The Labute approximate surface area is 128 Å². The molecule has 6 heteroatoms. The first-order valence-corrected chi connectivity index (χ1v) is 7.21. The van der Waals surface area contributed by atoms with Gasteiger partial charge in [0.05, 0.1) is 5.56 Å². The maximum atomic E-state index is 6.22. The predicted molar refractivity (Wildman–Crippen MR) is 83.9 cm³/mol. The second-order valence-corrected chi connectivity index (χ2v) is 5.53. The van der Waals surface area contributed by atoms with E-state index in [4.69, 9.17) is 22.1 Å². The molecule has 0 spiro atoms. The maximum Gasteiger partial charge on any atom is 0.165 e. The molecular formula is C15H17ClN4O. The molecular weight excluding hydrogens is 288 g/mol. The number of anilines is 1. The molecule has 0 amide bonds. The van der Waals surface area contributed by atoms with Gasteiger partial charge in [0.1, 0.15) is 17.7 Å². The van der Waals surface area contributed by atoms with Crippen molar-refractivity contribution in [3.8, 4) is 17.1 Å². The summed E-state index contributed by atoms with van der Waals surface area (Å²) in [5.74, 6) is 2.16. The maximum absolute atomic E-state index is 6.22. The molecule has 1 aliphatic rings. The van der Waals surface area contributed by atoms with E-state index in [1.807, 2.05) is 32.2 Å². The first-order valence-electron chi connectivity index (χ1n) is 6.83. The number of benzene rings is 1. The zero-order valence-corrected chi connectivity index (χ0v) is 12.7. The predicted octanol–water partition coefficient (Wildman–Crippen LogP) is 2.41. The van der Waals surface area contributed by atoms with E-state index in [1.165, 1.54) is 0 Å². The first-order chi connectivity index (χ1) is 10.1. The standard InChI is InChI=1S/C15H17ClN4O/c1-8-3-13(18-2)20-15(19-8)12-6-10(16)4-9-5-11(7-17)21-14(9)12/h3-4,6,11H,5,7,17H2,1-2H3,(H,18,19,20). The fourth-order valence-electron chi connectivity index (χ4n) is 2.51. The Hall–Kier alpha value is -1.85. The highest BCUT2D eigenvalue weighted by Crippen LogP contribution is 2.40. The zero-order chi connectivity index (χ0) is 15.0.